The first-order chi connectivity index (χ1) is 9.05. The Morgan fingerprint density at radius 3 is 2.37 bits per heavy atom. The summed E-state index contributed by atoms with van der Waals surface area (Å²) in [5.41, 5.74) is -0.769. The van der Waals surface area contributed by atoms with Crippen LogP contribution in [0.15, 0.2) is 18.2 Å². The minimum atomic E-state index is -0.939. The summed E-state index contributed by atoms with van der Waals surface area (Å²) in [6.07, 6.45) is 4.86. The SMILES string of the molecule is O=C(O)C1(Cc2cccc(F)c2F)CCCCCC1. The fourth-order valence-electron chi connectivity index (χ4n) is 2.92. The van der Waals surface area contributed by atoms with Crippen molar-refractivity contribution in [3.63, 3.8) is 0 Å². The number of carboxylic acid groups (broad SMARTS) is 1. The molecule has 0 spiro atoms. The second kappa shape index (κ2) is 5.68. The van der Waals surface area contributed by atoms with E-state index in [1.54, 1.807) is 0 Å². The molecule has 1 saturated carbocycles. The molecular weight excluding hydrogens is 250 g/mol. The van der Waals surface area contributed by atoms with Crippen molar-refractivity contribution >= 4 is 5.97 Å². The van der Waals surface area contributed by atoms with Crippen molar-refractivity contribution in [2.24, 2.45) is 5.41 Å². The highest BCUT2D eigenvalue weighted by Crippen LogP contribution is 2.39. The Morgan fingerprint density at radius 2 is 1.79 bits per heavy atom. The lowest BCUT2D eigenvalue weighted by Crippen LogP contribution is -2.33. The van der Waals surface area contributed by atoms with E-state index in [9.17, 15) is 18.7 Å². The number of benzene rings is 1. The van der Waals surface area contributed by atoms with Crippen LogP contribution in [0.25, 0.3) is 0 Å². The summed E-state index contributed by atoms with van der Waals surface area (Å²) < 4.78 is 26.9. The van der Waals surface area contributed by atoms with Crippen LogP contribution in [0.5, 0.6) is 0 Å². The summed E-state index contributed by atoms with van der Waals surface area (Å²) in [7, 11) is 0. The van der Waals surface area contributed by atoms with Gasteiger partial charge in [-0.25, -0.2) is 8.78 Å². The van der Waals surface area contributed by atoms with E-state index < -0.39 is 23.0 Å². The average Bonchev–Trinajstić information content (AvgIpc) is 2.62. The van der Waals surface area contributed by atoms with Gasteiger partial charge in [-0.05, 0) is 30.9 Å². The van der Waals surface area contributed by atoms with Crippen LogP contribution in [0, 0.1) is 17.0 Å². The summed E-state index contributed by atoms with van der Waals surface area (Å²) in [6, 6.07) is 3.97. The molecule has 0 aromatic heterocycles. The Labute approximate surface area is 111 Å². The standard InChI is InChI=1S/C15H18F2O2/c16-12-7-5-6-11(13(12)17)10-15(14(18)19)8-3-1-2-4-9-15/h5-7H,1-4,8-10H2,(H,18,19). The predicted octanol–water partition coefficient (Wildman–Crippen LogP) is 3.93. The van der Waals surface area contributed by atoms with Gasteiger partial charge < -0.3 is 5.11 Å². The van der Waals surface area contributed by atoms with E-state index in [1.807, 2.05) is 0 Å². The van der Waals surface area contributed by atoms with Gasteiger partial charge in [-0.1, -0.05) is 37.8 Å². The van der Waals surface area contributed by atoms with Gasteiger partial charge in [0.25, 0.3) is 0 Å². The molecule has 4 heteroatoms. The van der Waals surface area contributed by atoms with E-state index in [1.165, 1.54) is 12.1 Å². The summed E-state index contributed by atoms with van der Waals surface area (Å²) in [4.78, 5) is 11.6. The van der Waals surface area contributed by atoms with E-state index in [0.717, 1.165) is 31.7 Å². The molecular formula is C15H18F2O2. The van der Waals surface area contributed by atoms with Crippen LogP contribution in [0.4, 0.5) is 8.78 Å². The van der Waals surface area contributed by atoms with E-state index >= 15 is 0 Å². The predicted molar refractivity (Wildman–Crippen MR) is 67.8 cm³/mol. The number of carboxylic acids is 1. The third-order valence-electron chi connectivity index (χ3n) is 4.07. The molecule has 0 bridgehead atoms. The zero-order valence-corrected chi connectivity index (χ0v) is 10.8. The largest absolute Gasteiger partial charge is 0.481 e. The lowest BCUT2D eigenvalue weighted by molar-refractivity contribution is -0.149. The Balaban J connectivity index is 2.30. The highest BCUT2D eigenvalue weighted by molar-refractivity contribution is 5.75. The zero-order valence-electron chi connectivity index (χ0n) is 10.8. The number of rotatable bonds is 3. The van der Waals surface area contributed by atoms with E-state index in [0.29, 0.717) is 12.8 Å². The van der Waals surface area contributed by atoms with Gasteiger partial charge >= 0.3 is 5.97 Å². The molecule has 1 aliphatic rings. The van der Waals surface area contributed by atoms with Gasteiger partial charge in [-0.3, -0.25) is 4.79 Å². The van der Waals surface area contributed by atoms with Crippen molar-refractivity contribution < 1.29 is 18.7 Å². The molecule has 2 nitrogen and oxygen atoms in total. The van der Waals surface area contributed by atoms with Gasteiger partial charge in [0.15, 0.2) is 11.6 Å². The van der Waals surface area contributed by atoms with E-state index in [-0.39, 0.29) is 12.0 Å². The van der Waals surface area contributed by atoms with Gasteiger partial charge in [0.2, 0.25) is 0 Å². The van der Waals surface area contributed by atoms with Gasteiger partial charge in [0.05, 0.1) is 5.41 Å². The van der Waals surface area contributed by atoms with Crippen molar-refractivity contribution in [3.05, 3.63) is 35.4 Å². The molecule has 0 saturated heterocycles. The molecule has 0 atom stereocenters. The molecule has 1 aromatic rings. The first-order valence-electron chi connectivity index (χ1n) is 6.71. The number of hydrogen-bond acceptors (Lipinski definition) is 1. The summed E-state index contributed by atoms with van der Waals surface area (Å²) in [5, 5.41) is 9.52. The molecule has 1 fully saturated rings. The second-order valence-corrected chi connectivity index (χ2v) is 5.39. The van der Waals surface area contributed by atoms with Crippen molar-refractivity contribution in [2.75, 3.05) is 0 Å². The van der Waals surface area contributed by atoms with Gasteiger partial charge in [0, 0.05) is 0 Å². The number of aliphatic carboxylic acids is 1. The maximum atomic E-state index is 13.7. The highest BCUT2D eigenvalue weighted by atomic mass is 19.2. The normalized spacial score (nSPS) is 18.8. The molecule has 1 N–H and O–H groups in total. The Hall–Kier alpha value is -1.45. The first-order valence-corrected chi connectivity index (χ1v) is 6.71. The molecule has 0 radical (unpaired) electrons. The molecule has 0 heterocycles. The lowest BCUT2D eigenvalue weighted by atomic mass is 9.75. The zero-order chi connectivity index (χ0) is 13.9. The van der Waals surface area contributed by atoms with Crippen molar-refractivity contribution in [1.29, 1.82) is 0 Å². The minimum absolute atomic E-state index is 0.0753. The smallest absolute Gasteiger partial charge is 0.309 e. The van der Waals surface area contributed by atoms with Crippen LogP contribution in [0.1, 0.15) is 44.1 Å². The maximum absolute atomic E-state index is 13.7. The maximum Gasteiger partial charge on any atom is 0.309 e. The molecule has 0 aliphatic heterocycles. The van der Waals surface area contributed by atoms with Crippen LogP contribution < -0.4 is 0 Å². The molecule has 1 aliphatic carbocycles. The quantitative estimate of drug-likeness (QED) is 0.843. The van der Waals surface area contributed by atoms with Gasteiger partial charge in [-0.15, -0.1) is 0 Å². The summed E-state index contributed by atoms with van der Waals surface area (Å²) in [5.74, 6) is -2.71. The topological polar surface area (TPSA) is 37.3 Å². The van der Waals surface area contributed by atoms with Crippen LogP contribution in [0.2, 0.25) is 0 Å². The third-order valence-corrected chi connectivity index (χ3v) is 4.07. The van der Waals surface area contributed by atoms with Crippen LogP contribution in [0.3, 0.4) is 0 Å². The molecule has 2 rings (SSSR count). The Bertz CT molecular complexity index is 463. The van der Waals surface area contributed by atoms with E-state index in [4.69, 9.17) is 0 Å². The summed E-state index contributed by atoms with van der Waals surface area (Å²) in [6.45, 7) is 0. The van der Waals surface area contributed by atoms with Crippen molar-refractivity contribution in [3.8, 4) is 0 Å². The van der Waals surface area contributed by atoms with Crippen LogP contribution >= 0.6 is 0 Å². The second-order valence-electron chi connectivity index (χ2n) is 5.39. The van der Waals surface area contributed by atoms with Gasteiger partial charge in [0.1, 0.15) is 0 Å². The lowest BCUT2D eigenvalue weighted by Gasteiger charge is -2.28. The van der Waals surface area contributed by atoms with Crippen LogP contribution in [-0.2, 0) is 11.2 Å². The van der Waals surface area contributed by atoms with Gasteiger partial charge in [-0.2, -0.15) is 0 Å². The fourth-order valence-corrected chi connectivity index (χ4v) is 2.92. The van der Waals surface area contributed by atoms with Crippen LogP contribution in [-0.4, -0.2) is 11.1 Å². The number of hydrogen-bond donors (Lipinski definition) is 1. The molecule has 0 unspecified atom stereocenters. The highest BCUT2D eigenvalue weighted by Gasteiger charge is 2.39. The Kier molecular flexibility index (Phi) is 4.17. The molecule has 0 amide bonds. The van der Waals surface area contributed by atoms with E-state index in [2.05, 4.69) is 0 Å². The average molecular weight is 268 g/mol. The number of carbonyl (C=O) groups is 1. The van der Waals surface area contributed by atoms with Crippen molar-refractivity contribution in [1.82, 2.24) is 0 Å². The molecule has 104 valence electrons. The minimum Gasteiger partial charge on any atom is -0.481 e. The monoisotopic (exact) mass is 268 g/mol. The third kappa shape index (κ3) is 2.94. The first kappa shape index (κ1) is 14.0. The fraction of sp³-hybridized carbons (Fsp3) is 0.533. The molecule has 19 heavy (non-hydrogen) atoms. The Morgan fingerprint density at radius 1 is 1.16 bits per heavy atom. The number of halogens is 2. The summed E-state index contributed by atoms with van der Waals surface area (Å²) >= 11 is 0. The molecule has 1 aromatic carbocycles. The van der Waals surface area contributed by atoms with Crippen molar-refractivity contribution in [2.45, 2.75) is 44.9 Å².